The number of nitrogens with one attached hydrogen (secondary N) is 2. The van der Waals surface area contributed by atoms with Crippen LogP contribution in [-0.4, -0.2) is 35.8 Å². The smallest absolute Gasteiger partial charge is 0.260 e. The second kappa shape index (κ2) is 8.18. The zero-order chi connectivity index (χ0) is 18.4. The molecule has 0 saturated heterocycles. The third-order valence-corrected chi connectivity index (χ3v) is 3.58. The number of carbonyl (C=O) groups excluding carboxylic acids is 2. The van der Waals surface area contributed by atoms with Gasteiger partial charge in [0.05, 0.1) is 26.3 Å². The van der Waals surface area contributed by atoms with Crippen LogP contribution in [0.15, 0.2) is 24.3 Å². The molecule has 8 nitrogen and oxygen atoms in total. The van der Waals surface area contributed by atoms with Crippen molar-refractivity contribution in [2.75, 3.05) is 14.2 Å². The van der Waals surface area contributed by atoms with E-state index < -0.39 is 0 Å². The number of ether oxygens (including phenoxy) is 2. The molecule has 8 heteroatoms. The summed E-state index contributed by atoms with van der Waals surface area (Å²) in [5, 5.41) is 4.20. The Bertz CT molecular complexity index is 770. The first kappa shape index (κ1) is 18.3. The monoisotopic (exact) mass is 346 g/mol. The highest BCUT2D eigenvalue weighted by molar-refractivity contribution is 5.83. The Hall–Kier alpha value is -3.03. The SMILES string of the molecule is COc1ccc(CC(=O)NNC(=O)Cn2nc(C)cc2C)c(OC)c1. The van der Waals surface area contributed by atoms with Crippen LogP contribution in [-0.2, 0) is 22.6 Å². The molecule has 1 aromatic heterocycles. The molecule has 0 unspecified atom stereocenters. The highest BCUT2D eigenvalue weighted by atomic mass is 16.5. The van der Waals surface area contributed by atoms with Crippen molar-refractivity contribution >= 4 is 11.8 Å². The van der Waals surface area contributed by atoms with Crippen LogP contribution in [0.3, 0.4) is 0 Å². The maximum atomic E-state index is 12.0. The van der Waals surface area contributed by atoms with Gasteiger partial charge >= 0.3 is 0 Å². The minimum atomic E-state index is -0.360. The summed E-state index contributed by atoms with van der Waals surface area (Å²) in [6.07, 6.45) is 0.0629. The lowest BCUT2D eigenvalue weighted by atomic mass is 10.1. The molecular formula is C17H22N4O4. The van der Waals surface area contributed by atoms with Crippen molar-refractivity contribution in [3.8, 4) is 11.5 Å². The van der Waals surface area contributed by atoms with Gasteiger partial charge in [0.15, 0.2) is 0 Å². The van der Waals surface area contributed by atoms with Crippen LogP contribution < -0.4 is 20.3 Å². The minimum absolute atomic E-state index is 0.0335. The number of carbonyl (C=O) groups is 2. The third-order valence-electron chi connectivity index (χ3n) is 3.58. The van der Waals surface area contributed by atoms with E-state index in [1.165, 1.54) is 7.11 Å². The first-order valence-corrected chi connectivity index (χ1v) is 7.72. The van der Waals surface area contributed by atoms with E-state index in [1.54, 1.807) is 30.0 Å². The van der Waals surface area contributed by atoms with Gasteiger partial charge in [0.1, 0.15) is 18.0 Å². The van der Waals surface area contributed by atoms with Gasteiger partial charge in [0.25, 0.3) is 5.91 Å². The van der Waals surface area contributed by atoms with Gasteiger partial charge in [0, 0.05) is 17.3 Å². The van der Waals surface area contributed by atoms with E-state index in [0.717, 1.165) is 11.4 Å². The van der Waals surface area contributed by atoms with Crippen LogP contribution in [0.1, 0.15) is 17.0 Å². The molecule has 2 aromatic rings. The summed E-state index contributed by atoms with van der Waals surface area (Å²) in [7, 11) is 3.08. The number of aryl methyl sites for hydroxylation is 2. The lowest BCUT2D eigenvalue weighted by Gasteiger charge is -2.11. The van der Waals surface area contributed by atoms with E-state index in [1.807, 2.05) is 19.9 Å². The Kier molecular flexibility index (Phi) is 5.99. The third kappa shape index (κ3) is 4.97. The molecule has 1 aromatic carbocycles. The van der Waals surface area contributed by atoms with Gasteiger partial charge in [-0.25, -0.2) is 0 Å². The summed E-state index contributed by atoms with van der Waals surface area (Å²) in [4.78, 5) is 23.9. The summed E-state index contributed by atoms with van der Waals surface area (Å²) in [5.74, 6) is 0.467. The predicted octanol–water partition coefficient (Wildman–Crippen LogP) is 0.907. The molecule has 2 N–H and O–H groups in total. The zero-order valence-corrected chi connectivity index (χ0v) is 14.8. The molecule has 0 spiro atoms. The van der Waals surface area contributed by atoms with E-state index >= 15 is 0 Å². The minimum Gasteiger partial charge on any atom is -0.497 e. The number of methoxy groups -OCH3 is 2. The van der Waals surface area contributed by atoms with Gasteiger partial charge in [-0.15, -0.1) is 0 Å². The molecule has 0 atom stereocenters. The number of hydrogen-bond acceptors (Lipinski definition) is 5. The highest BCUT2D eigenvalue weighted by Crippen LogP contribution is 2.24. The highest BCUT2D eigenvalue weighted by Gasteiger charge is 2.12. The number of hydrogen-bond donors (Lipinski definition) is 2. The normalized spacial score (nSPS) is 10.2. The van der Waals surface area contributed by atoms with E-state index in [4.69, 9.17) is 9.47 Å². The van der Waals surface area contributed by atoms with Gasteiger partial charge < -0.3 is 9.47 Å². The molecule has 134 valence electrons. The maximum Gasteiger partial charge on any atom is 0.260 e. The lowest BCUT2D eigenvalue weighted by molar-refractivity contribution is -0.129. The van der Waals surface area contributed by atoms with Crippen molar-refractivity contribution in [1.29, 1.82) is 0 Å². The summed E-state index contributed by atoms with van der Waals surface area (Å²) in [6.45, 7) is 3.75. The number of aromatic nitrogens is 2. The molecule has 25 heavy (non-hydrogen) atoms. The van der Waals surface area contributed by atoms with Crippen molar-refractivity contribution in [3.05, 3.63) is 41.2 Å². The summed E-state index contributed by atoms with van der Waals surface area (Å²) < 4.78 is 11.9. The lowest BCUT2D eigenvalue weighted by Crippen LogP contribution is -2.44. The Morgan fingerprint density at radius 3 is 2.40 bits per heavy atom. The molecular weight excluding hydrogens is 324 g/mol. The quantitative estimate of drug-likeness (QED) is 0.758. The molecule has 0 radical (unpaired) electrons. The van der Waals surface area contributed by atoms with E-state index in [-0.39, 0.29) is 24.8 Å². The van der Waals surface area contributed by atoms with Crippen LogP contribution in [0, 0.1) is 13.8 Å². The topological polar surface area (TPSA) is 94.5 Å². The fourth-order valence-corrected chi connectivity index (χ4v) is 2.37. The summed E-state index contributed by atoms with van der Waals surface area (Å²) in [5.41, 5.74) is 7.17. The maximum absolute atomic E-state index is 12.0. The Morgan fingerprint density at radius 2 is 1.80 bits per heavy atom. The van der Waals surface area contributed by atoms with Crippen molar-refractivity contribution in [2.45, 2.75) is 26.8 Å². The first-order valence-electron chi connectivity index (χ1n) is 7.72. The molecule has 0 aliphatic carbocycles. The largest absolute Gasteiger partial charge is 0.497 e. The van der Waals surface area contributed by atoms with Crippen LogP contribution in [0.25, 0.3) is 0 Å². The van der Waals surface area contributed by atoms with Crippen molar-refractivity contribution in [1.82, 2.24) is 20.6 Å². The number of hydrazine groups is 1. The average molecular weight is 346 g/mol. The molecule has 1 heterocycles. The molecule has 2 amide bonds. The first-order chi connectivity index (χ1) is 11.9. The van der Waals surface area contributed by atoms with Crippen molar-refractivity contribution < 1.29 is 19.1 Å². The molecule has 0 bridgehead atoms. The van der Waals surface area contributed by atoms with Gasteiger partial charge in [-0.05, 0) is 26.0 Å². The zero-order valence-electron chi connectivity index (χ0n) is 14.8. The van der Waals surface area contributed by atoms with Gasteiger partial charge in [-0.2, -0.15) is 5.10 Å². The molecule has 0 aliphatic rings. The fraction of sp³-hybridized carbons (Fsp3) is 0.353. The molecule has 0 saturated carbocycles. The average Bonchev–Trinajstić information content (AvgIpc) is 2.90. The van der Waals surface area contributed by atoms with E-state index in [9.17, 15) is 9.59 Å². The fourth-order valence-electron chi connectivity index (χ4n) is 2.37. The van der Waals surface area contributed by atoms with E-state index in [2.05, 4.69) is 16.0 Å². The number of amides is 2. The number of rotatable bonds is 6. The molecule has 0 aliphatic heterocycles. The van der Waals surface area contributed by atoms with Crippen LogP contribution >= 0.6 is 0 Å². The second-order valence-electron chi connectivity index (χ2n) is 5.54. The second-order valence-corrected chi connectivity index (χ2v) is 5.54. The van der Waals surface area contributed by atoms with E-state index in [0.29, 0.717) is 17.1 Å². The predicted molar refractivity (Wildman–Crippen MR) is 91.2 cm³/mol. The Balaban J connectivity index is 1.88. The van der Waals surface area contributed by atoms with Crippen LogP contribution in [0.5, 0.6) is 11.5 Å². The number of nitrogens with zero attached hydrogens (tertiary/aromatic N) is 2. The molecule has 2 rings (SSSR count). The Labute approximate surface area is 146 Å². The van der Waals surface area contributed by atoms with Gasteiger partial charge in [0.2, 0.25) is 5.91 Å². The molecule has 0 fully saturated rings. The standard InChI is InChI=1S/C17H22N4O4/c1-11-7-12(2)21(20-11)10-17(23)19-18-16(22)8-13-5-6-14(24-3)9-15(13)25-4/h5-7,9H,8,10H2,1-4H3,(H,18,22)(H,19,23). The van der Waals surface area contributed by atoms with Crippen molar-refractivity contribution in [3.63, 3.8) is 0 Å². The van der Waals surface area contributed by atoms with Crippen LogP contribution in [0.4, 0.5) is 0 Å². The summed E-state index contributed by atoms with van der Waals surface area (Å²) in [6, 6.07) is 7.06. The Morgan fingerprint density at radius 1 is 1.08 bits per heavy atom. The van der Waals surface area contributed by atoms with Crippen LogP contribution in [0.2, 0.25) is 0 Å². The summed E-state index contributed by atoms with van der Waals surface area (Å²) >= 11 is 0. The van der Waals surface area contributed by atoms with Crippen molar-refractivity contribution in [2.24, 2.45) is 0 Å². The van der Waals surface area contributed by atoms with Gasteiger partial charge in [-0.1, -0.05) is 6.07 Å². The van der Waals surface area contributed by atoms with Gasteiger partial charge in [-0.3, -0.25) is 25.1 Å². The number of benzene rings is 1.